The highest BCUT2D eigenvalue weighted by Gasteiger charge is 2.18. The van der Waals surface area contributed by atoms with Crippen molar-refractivity contribution in [3.8, 4) is 0 Å². The summed E-state index contributed by atoms with van der Waals surface area (Å²) in [4.78, 5) is 2.82. The van der Waals surface area contributed by atoms with Crippen LogP contribution in [0.25, 0.3) is 0 Å². The molecule has 0 saturated heterocycles. The SMILES string of the molecule is CCCc1ccc(C(C)CC(O)C(N)CC)s1. The lowest BCUT2D eigenvalue weighted by Crippen LogP contribution is -2.34. The van der Waals surface area contributed by atoms with E-state index in [-0.39, 0.29) is 12.1 Å². The highest BCUT2D eigenvalue weighted by Crippen LogP contribution is 2.29. The quantitative estimate of drug-likeness (QED) is 0.785. The van der Waals surface area contributed by atoms with Gasteiger partial charge >= 0.3 is 0 Å². The number of hydrogen-bond donors (Lipinski definition) is 2. The van der Waals surface area contributed by atoms with E-state index >= 15 is 0 Å². The first-order valence-electron chi connectivity index (χ1n) is 6.60. The third-order valence-electron chi connectivity index (χ3n) is 3.23. The lowest BCUT2D eigenvalue weighted by molar-refractivity contribution is 0.127. The van der Waals surface area contributed by atoms with Crippen LogP contribution in [-0.4, -0.2) is 17.3 Å². The van der Waals surface area contributed by atoms with Gasteiger partial charge in [0.25, 0.3) is 0 Å². The average Bonchev–Trinajstić information content (AvgIpc) is 2.77. The minimum Gasteiger partial charge on any atom is -0.391 e. The third kappa shape index (κ3) is 4.41. The summed E-state index contributed by atoms with van der Waals surface area (Å²) in [5, 5.41) is 9.94. The van der Waals surface area contributed by atoms with Gasteiger partial charge in [0.15, 0.2) is 0 Å². The van der Waals surface area contributed by atoms with Gasteiger partial charge < -0.3 is 10.8 Å². The molecule has 98 valence electrons. The molecule has 0 aromatic carbocycles. The van der Waals surface area contributed by atoms with Crippen LogP contribution in [0, 0.1) is 0 Å². The van der Waals surface area contributed by atoms with Gasteiger partial charge in [-0.25, -0.2) is 0 Å². The van der Waals surface area contributed by atoms with Crippen molar-refractivity contribution in [2.75, 3.05) is 0 Å². The summed E-state index contributed by atoms with van der Waals surface area (Å²) in [7, 11) is 0. The molecule has 0 aliphatic carbocycles. The van der Waals surface area contributed by atoms with Crippen molar-refractivity contribution in [3.05, 3.63) is 21.9 Å². The van der Waals surface area contributed by atoms with Gasteiger partial charge in [0.1, 0.15) is 0 Å². The van der Waals surface area contributed by atoms with E-state index in [0.29, 0.717) is 5.92 Å². The zero-order valence-electron chi connectivity index (χ0n) is 11.1. The van der Waals surface area contributed by atoms with Crippen LogP contribution >= 0.6 is 11.3 Å². The van der Waals surface area contributed by atoms with Crippen molar-refractivity contribution in [1.29, 1.82) is 0 Å². The summed E-state index contributed by atoms with van der Waals surface area (Å²) in [6.45, 7) is 6.39. The van der Waals surface area contributed by atoms with E-state index in [1.165, 1.54) is 16.2 Å². The molecule has 0 fully saturated rings. The highest BCUT2D eigenvalue weighted by atomic mass is 32.1. The molecule has 0 radical (unpaired) electrons. The maximum atomic E-state index is 9.94. The Kier molecular flexibility index (Phi) is 6.17. The summed E-state index contributed by atoms with van der Waals surface area (Å²) in [6.07, 6.45) is 3.57. The fourth-order valence-electron chi connectivity index (χ4n) is 1.97. The van der Waals surface area contributed by atoms with E-state index in [9.17, 15) is 5.11 Å². The average molecular weight is 255 g/mol. The summed E-state index contributed by atoms with van der Waals surface area (Å²) in [6, 6.07) is 4.32. The molecule has 0 amide bonds. The van der Waals surface area contributed by atoms with E-state index in [1.807, 2.05) is 18.3 Å². The van der Waals surface area contributed by atoms with Crippen LogP contribution in [0.4, 0.5) is 0 Å². The fraction of sp³-hybridized carbons (Fsp3) is 0.714. The van der Waals surface area contributed by atoms with Crippen LogP contribution in [0.15, 0.2) is 12.1 Å². The standard InChI is InChI=1S/C14H25NOS/c1-4-6-11-7-8-14(17-11)10(3)9-13(16)12(15)5-2/h7-8,10,12-13,16H,4-6,9,15H2,1-3H3. The number of hydrogen-bond acceptors (Lipinski definition) is 3. The number of aliphatic hydroxyl groups excluding tert-OH is 1. The molecule has 1 aromatic heterocycles. The lowest BCUT2D eigenvalue weighted by Gasteiger charge is -2.20. The second-order valence-corrected chi connectivity index (χ2v) is 6.03. The normalized spacial score (nSPS) is 16.8. The first-order chi connectivity index (χ1) is 8.08. The van der Waals surface area contributed by atoms with Crippen molar-refractivity contribution in [2.24, 2.45) is 5.73 Å². The Balaban J connectivity index is 2.53. The molecule has 0 aliphatic rings. The van der Waals surface area contributed by atoms with Crippen LogP contribution < -0.4 is 5.73 Å². The van der Waals surface area contributed by atoms with Gasteiger partial charge in [0, 0.05) is 15.8 Å². The second kappa shape index (κ2) is 7.14. The molecule has 2 nitrogen and oxygen atoms in total. The Morgan fingerprint density at radius 1 is 1.35 bits per heavy atom. The zero-order valence-corrected chi connectivity index (χ0v) is 12.0. The van der Waals surface area contributed by atoms with Crippen LogP contribution in [0.2, 0.25) is 0 Å². The maximum Gasteiger partial charge on any atom is 0.0697 e. The van der Waals surface area contributed by atoms with Crippen LogP contribution in [-0.2, 0) is 6.42 Å². The predicted octanol–water partition coefficient (Wildman–Crippen LogP) is 3.29. The number of thiophene rings is 1. The smallest absolute Gasteiger partial charge is 0.0697 e. The molecule has 1 heterocycles. The molecular formula is C14H25NOS. The van der Waals surface area contributed by atoms with E-state index in [2.05, 4.69) is 26.0 Å². The zero-order chi connectivity index (χ0) is 12.8. The Hall–Kier alpha value is -0.380. The van der Waals surface area contributed by atoms with Gasteiger partial charge in [0.05, 0.1) is 6.10 Å². The molecular weight excluding hydrogens is 230 g/mol. The Morgan fingerprint density at radius 2 is 2.06 bits per heavy atom. The Morgan fingerprint density at radius 3 is 2.65 bits per heavy atom. The Bertz CT molecular complexity index is 324. The van der Waals surface area contributed by atoms with E-state index in [4.69, 9.17) is 5.73 Å². The van der Waals surface area contributed by atoms with E-state index in [0.717, 1.165) is 19.3 Å². The summed E-state index contributed by atoms with van der Waals surface area (Å²) < 4.78 is 0. The third-order valence-corrected chi connectivity index (χ3v) is 4.60. The van der Waals surface area contributed by atoms with Crippen LogP contribution in [0.1, 0.15) is 55.7 Å². The highest BCUT2D eigenvalue weighted by molar-refractivity contribution is 7.12. The number of nitrogens with two attached hydrogens (primary N) is 1. The monoisotopic (exact) mass is 255 g/mol. The summed E-state index contributed by atoms with van der Waals surface area (Å²) >= 11 is 1.87. The Labute approximate surface area is 109 Å². The first-order valence-corrected chi connectivity index (χ1v) is 7.42. The van der Waals surface area contributed by atoms with Gasteiger partial charge in [-0.05, 0) is 37.3 Å². The molecule has 1 rings (SSSR count). The minimum absolute atomic E-state index is 0.0903. The van der Waals surface area contributed by atoms with Crippen molar-refractivity contribution < 1.29 is 5.11 Å². The van der Waals surface area contributed by atoms with Crippen molar-refractivity contribution >= 4 is 11.3 Å². The molecule has 17 heavy (non-hydrogen) atoms. The fourth-order valence-corrected chi connectivity index (χ4v) is 3.14. The molecule has 0 spiro atoms. The summed E-state index contributed by atoms with van der Waals surface area (Å²) in [5.41, 5.74) is 5.85. The molecule has 0 bridgehead atoms. The van der Waals surface area contributed by atoms with Crippen molar-refractivity contribution in [3.63, 3.8) is 0 Å². The molecule has 1 aromatic rings. The maximum absolute atomic E-state index is 9.94. The lowest BCUT2D eigenvalue weighted by atomic mass is 9.96. The topological polar surface area (TPSA) is 46.2 Å². The number of rotatable bonds is 7. The predicted molar refractivity (Wildman–Crippen MR) is 75.6 cm³/mol. The van der Waals surface area contributed by atoms with E-state index < -0.39 is 0 Å². The number of aryl methyl sites for hydroxylation is 1. The summed E-state index contributed by atoms with van der Waals surface area (Å²) in [5.74, 6) is 0.401. The first kappa shape index (κ1) is 14.7. The molecule has 3 unspecified atom stereocenters. The van der Waals surface area contributed by atoms with Gasteiger partial charge in [-0.1, -0.05) is 27.2 Å². The molecule has 3 heteroatoms. The molecule has 3 N–H and O–H groups in total. The van der Waals surface area contributed by atoms with Crippen molar-refractivity contribution in [1.82, 2.24) is 0 Å². The minimum atomic E-state index is -0.383. The van der Waals surface area contributed by atoms with Gasteiger partial charge in [-0.15, -0.1) is 11.3 Å². The number of aliphatic hydroxyl groups is 1. The van der Waals surface area contributed by atoms with Gasteiger partial charge in [-0.3, -0.25) is 0 Å². The van der Waals surface area contributed by atoms with E-state index in [1.54, 1.807) is 0 Å². The molecule has 0 aliphatic heterocycles. The van der Waals surface area contributed by atoms with Crippen LogP contribution in [0.5, 0.6) is 0 Å². The second-order valence-electron chi connectivity index (χ2n) is 4.83. The van der Waals surface area contributed by atoms with Crippen molar-refractivity contribution in [2.45, 2.75) is 64.5 Å². The van der Waals surface area contributed by atoms with Crippen LogP contribution in [0.3, 0.4) is 0 Å². The molecule has 3 atom stereocenters. The van der Waals surface area contributed by atoms with Gasteiger partial charge in [0.2, 0.25) is 0 Å². The van der Waals surface area contributed by atoms with Gasteiger partial charge in [-0.2, -0.15) is 0 Å². The molecule has 0 saturated carbocycles. The largest absolute Gasteiger partial charge is 0.391 e.